The molecule has 0 atom stereocenters. The van der Waals surface area contributed by atoms with Gasteiger partial charge >= 0.3 is 0 Å². The van der Waals surface area contributed by atoms with Crippen LogP contribution in [0, 0.1) is 18.8 Å². The second-order valence-electron chi connectivity index (χ2n) is 7.23. The number of amides is 2. The SMILES string of the molecule is Cc1ccc(S(=O)(=O)N2CCC(C(=O)NCCNC(=O)C(C)C)CC2)cc1. The third-order valence-electron chi connectivity index (χ3n) is 4.73. The number of nitrogens with one attached hydrogen (secondary N) is 2. The molecule has 1 aromatic rings. The number of sulfonamides is 1. The molecule has 1 aliphatic heterocycles. The first-order valence-corrected chi connectivity index (χ1v) is 10.8. The van der Waals surface area contributed by atoms with Crippen molar-refractivity contribution in [1.29, 1.82) is 0 Å². The molecule has 1 fully saturated rings. The minimum absolute atomic E-state index is 0.0427. The van der Waals surface area contributed by atoms with Gasteiger partial charge in [0.05, 0.1) is 4.90 Å². The van der Waals surface area contributed by atoms with Crippen LogP contribution in [0.3, 0.4) is 0 Å². The highest BCUT2D eigenvalue weighted by Gasteiger charge is 2.31. The molecule has 0 bridgehead atoms. The number of rotatable bonds is 7. The van der Waals surface area contributed by atoms with E-state index in [0.29, 0.717) is 39.0 Å². The third-order valence-corrected chi connectivity index (χ3v) is 6.64. The molecule has 0 spiro atoms. The molecule has 2 N–H and O–H groups in total. The van der Waals surface area contributed by atoms with E-state index in [1.807, 2.05) is 20.8 Å². The summed E-state index contributed by atoms with van der Waals surface area (Å²) in [5.41, 5.74) is 1.01. The summed E-state index contributed by atoms with van der Waals surface area (Å²) in [5.74, 6) is -0.407. The summed E-state index contributed by atoms with van der Waals surface area (Å²) in [4.78, 5) is 24.0. The summed E-state index contributed by atoms with van der Waals surface area (Å²) in [6.45, 7) is 6.97. The fourth-order valence-electron chi connectivity index (χ4n) is 2.94. The number of benzene rings is 1. The number of piperidine rings is 1. The van der Waals surface area contributed by atoms with Crippen LogP contribution in [0.15, 0.2) is 29.2 Å². The van der Waals surface area contributed by atoms with Gasteiger partial charge in [0.25, 0.3) is 0 Å². The first-order valence-electron chi connectivity index (χ1n) is 9.34. The van der Waals surface area contributed by atoms with Crippen molar-refractivity contribution in [2.24, 2.45) is 11.8 Å². The Bertz CT molecular complexity index is 752. The Kier molecular flexibility index (Phi) is 7.38. The van der Waals surface area contributed by atoms with Crippen molar-refractivity contribution < 1.29 is 18.0 Å². The molecule has 27 heavy (non-hydrogen) atoms. The standard InChI is InChI=1S/C19H29N3O4S/c1-14(2)18(23)20-10-11-21-19(24)16-8-12-22(13-9-16)27(25,26)17-6-4-15(3)5-7-17/h4-7,14,16H,8-13H2,1-3H3,(H,20,23)(H,21,24). The summed E-state index contributed by atoms with van der Waals surface area (Å²) in [6, 6.07) is 6.81. The van der Waals surface area contributed by atoms with E-state index in [4.69, 9.17) is 0 Å². The lowest BCUT2D eigenvalue weighted by atomic mass is 9.97. The number of hydrogen-bond donors (Lipinski definition) is 2. The maximum absolute atomic E-state index is 12.7. The molecule has 1 aliphatic rings. The fourth-order valence-corrected chi connectivity index (χ4v) is 4.41. The Hall–Kier alpha value is -1.93. The third kappa shape index (κ3) is 5.77. The molecule has 0 saturated carbocycles. The molecule has 0 aliphatic carbocycles. The van der Waals surface area contributed by atoms with Crippen LogP contribution in [0.4, 0.5) is 0 Å². The van der Waals surface area contributed by atoms with Crippen LogP contribution in [0.25, 0.3) is 0 Å². The van der Waals surface area contributed by atoms with Gasteiger partial charge in [0.1, 0.15) is 0 Å². The van der Waals surface area contributed by atoms with Crippen molar-refractivity contribution in [2.45, 2.75) is 38.5 Å². The van der Waals surface area contributed by atoms with E-state index in [-0.39, 0.29) is 28.5 Å². The molecule has 7 nitrogen and oxygen atoms in total. The molecule has 0 radical (unpaired) electrons. The molecular weight excluding hydrogens is 366 g/mol. The maximum Gasteiger partial charge on any atom is 0.243 e. The maximum atomic E-state index is 12.7. The van der Waals surface area contributed by atoms with Gasteiger partial charge < -0.3 is 10.6 Å². The van der Waals surface area contributed by atoms with Crippen molar-refractivity contribution in [3.8, 4) is 0 Å². The minimum atomic E-state index is -3.51. The highest BCUT2D eigenvalue weighted by Crippen LogP contribution is 2.24. The second-order valence-corrected chi connectivity index (χ2v) is 9.17. The monoisotopic (exact) mass is 395 g/mol. The number of hydrogen-bond acceptors (Lipinski definition) is 4. The smallest absolute Gasteiger partial charge is 0.243 e. The van der Waals surface area contributed by atoms with E-state index in [1.165, 1.54) is 4.31 Å². The second kappa shape index (κ2) is 9.32. The van der Waals surface area contributed by atoms with Gasteiger partial charge in [-0.3, -0.25) is 9.59 Å². The first kappa shape index (κ1) is 21.4. The van der Waals surface area contributed by atoms with Crippen LogP contribution in [-0.2, 0) is 19.6 Å². The van der Waals surface area contributed by atoms with Gasteiger partial charge in [0, 0.05) is 38.0 Å². The van der Waals surface area contributed by atoms with Gasteiger partial charge in [-0.15, -0.1) is 0 Å². The molecule has 0 unspecified atom stereocenters. The first-order chi connectivity index (χ1) is 12.7. The van der Waals surface area contributed by atoms with E-state index >= 15 is 0 Å². The topological polar surface area (TPSA) is 95.6 Å². The fraction of sp³-hybridized carbons (Fsp3) is 0.579. The number of carbonyl (C=O) groups excluding carboxylic acids is 2. The predicted octanol–water partition coefficient (Wildman–Crippen LogP) is 1.28. The lowest BCUT2D eigenvalue weighted by molar-refractivity contribution is -0.127. The normalized spacial score (nSPS) is 16.3. The van der Waals surface area contributed by atoms with Crippen LogP contribution in [0.2, 0.25) is 0 Å². The minimum Gasteiger partial charge on any atom is -0.354 e. The number of carbonyl (C=O) groups is 2. The largest absolute Gasteiger partial charge is 0.354 e. The molecule has 2 rings (SSSR count). The van der Waals surface area contributed by atoms with E-state index in [2.05, 4.69) is 10.6 Å². The Balaban J connectivity index is 1.80. The summed E-state index contributed by atoms with van der Waals surface area (Å²) in [7, 11) is -3.51. The van der Waals surface area contributed by atoms with Gasteiger partial charge in [-0.25, -0.2) is 8.42 Å². The van der Waals surface area contributed by atoms with Crippen LogP contribution >= 0.6 is 0 Å². The van der Waals surface area contributed by atoms with E-state index < -0.39 is 10.0 Å². The zero-order chi connectivity index (χ0) is 20.0. The Morgan fingerprint density at radius 2 is 1.63 bits per heavy atom. The van der Waals surface area contributed by atoms with Crippen molar-refractivity contribution in [3.63, 3.8) is 0 Å². The molecule has 1 saturated heterocycles. The number of aryl methyl sites for hydroxylation is 1. The Morgan fingerprint density at radius 3 is 2.19 bits per heavy atom. The van der Waals surface area contributed by atoms with Gasteiger partial charge in [0.2, 0.25) is 21.8 Å². The zero-order valence-electron chi connectivity index (χ0n) is 16.2. The van der Waals surface area contributed by atoms with E-state index in [1.54, 1.807) is 24.3 Å². The van der Waals surface area contributed by atoms with Crippen LogP contribution in [0.1, 0.15) is 32.3 Å². The Morgan fingerprint density at radius 1 is 1.07 bits per heavy atom. The molecule has 8 heteroatoms. The Labute approximate surface area is 161 Å². The van der Waals surface area contributed by atoms with Crippen LogP contribution in [0.5, 0.6) is 0 Å². The highest BCUT2D eigenvalue weighted by atomic mass is 32.2. The molecule has 1 heterocycles. The molecule has 0 aromatic heterocycles. The van der Waals surface area contributed by atoms with E-state index in [9.17, 15) is 18.0 Å². The van der Waals surface area contributed by atoms with Gasteiger partial charge in [-0.2, -0.15) is 4.31 Å². The summed E-state index contributed by atoms with van der Waals surface area (Å²) in [5, 5.41) is 5.56. The van der Waals surface area contributed by atoms with Crippen molar-refractivity contribution >= 4 is 21.8 Å². The predicted molar refractivity (Wildman–Crippen MR) is 104 cm³/mol. The van der Waals surface area contributed by atoms with Crippen molar-refractivity contribution in [3.05, 3.63) is 29.8 Å². The highest BCUT2D eigenvalue weighted by molar-refractivity contribution is 7.89. The lowest BCUT2D eigenvalue weighted by Gasteiger charge is -2.30. The van der Waals surface area contributed by atoms with E-state index in [0.717, 1.165) is 5.56 Å². The molecule has 150 valence electrons. The van der Waals surface area contributed by atoms with Gasteiger partial charge in [0.15, 0.2) is 0 Å². The van der Waals surface area contributed by atoms with Crippen LogP contribution in [-0.4, -0.2) is 50.7 Å². The summed E-state index contributed by atoms with van der Waals surface area (Å²) in [6.07, 6.45) is 0.991. The average Bonchev–Trinajstić information content (AvgIpc) is 2.65. The van der Waals surface area contributed by atoms with Crippen molar-refractivity contribution in [2.75, 3.05) is 26.2 Å². The average molecular weight is 396 g/mol. The van der Waals surface area contributed by atoms with Gasteiger partial charge in [-0.05, 0) is 31.9 Å². The summed E-state index contributed by atoms with van der Waals surface area (Å²) < 4.78 is 26.8. The van der Waals surface area contributed by atoms with Crippen LogP contribution < -0.4 is 10.6 Å². The zero-order valence-corrected chi connectivity index (χ0v) is 17.0. The summed E-state index contributed by atoms with van der Waals surface area (Å²) >= 11 is 0. The quantitative estimate of drug-likeness (QED) is 0.680. The van der Waals surface area contributed by atoms with Crippen molar-refractivity contribution in [1.82, 2.24) is 14.9 Å². The molecule has 2 amide bonds. The lowest BCUT2D eigenvalue weighted by Crippen LogP contribution is -2.44. The molecule has 1 aromatic carbocycles. The molecular formula is C19H29N3O4S. The van der Waals surface area contributed by atoms with Gasteiger partial charge in [-0.1, -0.05) is 31.5 Å². The number of nitrogens with zero attached hydrogens (tertiary/aromatic N) is 1.